The van der Waals surface area contributed by atoms with E-state index in [-0.39, 0.29) is 5.91 Å². The molecule has 1 amide bonds. The molecule has 0 aliphatic carbocycles. The molecule has 2 aliphatic heterocycles. The van der Waals surface area contributed by atoms with Crippen molar-refractivity contribution >= 4 is 52.0 Å². The molecule has 0 bridgehead atoms. The lowest BCUT2D eigenvalue weighted by Gasteiger charge is -2.29. The van der Waals surface area contributed by atoms with Crippen molar-refractivity contribution in [3.8, 4) is 0 Å². The summed E-state index contributed by atoms with van der Waals surface area (Å²) < 4.78 is 0. The van der Waals surface area contributed by atoms with E-state index in [0.717, 1.165) is 21.9 Å². The summed E-state index contributed by atoms with van der Waals surface area (Å²) >= 11 is 3.23. The van der Waals surface area contributed by atoms with Gasteiger partial charge in [-0.2, -0.15) is 0 Å². The highest BCUT2D eigenvalue weighted by Gasteiger charge is 2.33. The van der Waals surface area contributed by atoms with Crippen LogP contribution in [0.5, 0.6) is 0 Å². The Labute approximate surface area is 225 Å². The molecule has 1 fully saturated rings. The molecule has 0 radical (unpaired) electrons. The average Bonchev–Trinajstić information content (AvgIpc) is 3.22. The monoisotopic (exact) mass is 519 g/mol. The second-order valence-electron chi connectivity index (χ2n) is 8.93. The summed E-state index contributed by atoms with van der Waals surface area (Å²) in [4.78, 5) is 25.6. The smallest absolute Gasteiger partial charge is 0.267 e. The van der Waals surface area contributed by atoms with Crippen LogP contribution in [-0.4, -0.2) is 23.0 Å². The van der Waals surface area contributed by atoms with E-state index >= 15 is 0 Å². The normalized spacial score (nSPS) is 16.8. The van der Waals surface area contributed by atoms with Gasteiger partial charge in [0.1, 0.15) is 0 Å². The number of para-hydroxylation sites is 1. The second kappa shape index (κ2) is 10.3. The highest BCUT2D eigenvalue weighted by Crippen LogP contribution is 2.47. The van der Waals surface area contributed by atoms with Gasteiger partial charge in [-0.1, -0.05) is 90.6 Å². The van der Waals surface area contributed by atoms with Crippen molar-refractivity contribution in [3.63, 3.8) is 0 Å². The molecular formula is C31H25N3OS2. The van der Waals surface area contributed by atoms with Gasteiger partial charge in [-0.3, -0.25) is 14.7 Å². The van der Waals surface area contributed by atoms with Gasteiger partial charge in [0.2, 0.25) is 0 Å². The van der Waals surface area contributed by atoms with Gasteiger partial charge >= 0.3 is 0 Å². The van der Waals surface area contributed by atoms with Gasteiger partial charge < -0.3 is 4.90 Å². The molecule has 0 atom stereocenters. The molecule has 4 aromatic carbocycles. The number of thioether (sulfide) groups is 1. The topological polar surface area (TPSA) is 35.9 Å². The number of amides is 1. The lowest BCUT2D eigenvalue weighted by atomic mass is 10.1. The molecule has 0 spiro atoms. The van der Waals surface area contributed by atoms with Crippen LogP contribution in [0, 0.1) is 0 Å². The van der Waals surface area contributed by atoms with E-state index in [0.29, 0.717) is 18.0 Å². The first-order chi connectivity index (χ1) is 18.2. The molecule has 0 aromatic heterocycles. The number of rotatable bonds is 5. The summed E-state index contributed by atoms with van der Waals surface area (Å²) in [6.45, 7) is 1.04. The molecule has 0 saturated carbocycles. The third-order valence-electron chi connectivity index (χ3n) is 6.40. The van der Waals surface area contributed by atoms with E-state index in [9.17, 15) is 4.79 Å². The first-order valence-electron chi connectivity index (χ1n) is 12.1. The fourth-order valence-electron chi connectivity index (χ4n) is 4.47. The van der Waals surface area contributed by atoms with E-state index in [1.807, 2.05) is 54.6 Å². The van der Waals surface area contributed by atoms with E-state index in [4.69, 9.17) is 4.99 Å². The van der Waals surface area contributed by atoms with Gasteiger partial charge in [-0.05, 0) is 58.8 Å². The molecule has 2 aliphatic rings. The third-order valence-corrected chi connectivity index (χ3v) is 8.56. The molecule has 4 aromatic rings. The predicted molar refractivity (Wildman–Crippen MR) is 155 cm³/mol. The molecule has 182 valence electrons. The molecule has 6 rings (SSSR count). The van der Waals surface area contributed by atoms with Gasteiger partial charge in [0, 0.05) is 16.8 Å². The van der Waals surface area contributed by atoms with E-state index in [1.165, 1.54) is 32.9 Å². The maximum atomic E-state index is 13.6. The van der Waals surface area contributed by atoms with Gasteiger partial charge in [0.25, 0.3) is 5.91 Å². The van der Waals surface area contributed by atoms with Crippen LogP contribution in [0.15, 0.2) is 123 Å². The van der Waals surface area contributed by atoms with Crippen LogP contribution in [0.1, 0.15) is 16.7 Å². The summed E-state index contributed by atoms with van der Waals surface area (Å²) in [5, 5.41) is 0.741. The molecule has 6 heteroatoms. The standard InChI is InChI=1S/C31H25N3OS2/c1-33-25-14-8-9-15-27(25)36-28-18-24(16-17-26(28)33)19-29-30(35)34(21-23-12-6-3-7-13-23)31(37-29)32-20-22-10-4-2-5-11-22/h2-19H,20-21H2,1H3. The maximum Gasteiger partial charge on any atom is 0.267 e. The summed E-state index contributed by atoms with van der Waals surface area (Å²) in [6, 6.07) is 35.1. The first kappa shape index (κ1) is 23.6. The fraction of sp³-hybridized carbons (Fsp3) is 0.0968. The number of hydrogen-bond acceptors (Lipinski definition) is 5. The summed E-state index contributed by atoms with van der Waals surface area (Å²) in [5.74, 6) is -0.00602. The van der Waals surface area contributed by atoms with Crippen molar-refractivity contribution in [2.75, 3.05) is 11.9 Å². The lowest BCUT2D eigenvalue weighted by Crippen LogP contribution is -2.28. The number of fused-ring (bicyclic) bond motifs is 2. The van der Waals surface area contributed by atoms with E-state index < -0.39 is 0 Å². The molecule has 2 heterocycles. The fourth-order valence-corrected chi connectivity index (χ4v) is 6.65. The molecular weight excluding hydrogens is 494 g/mol. The highest BCUT2D eigenvalue weighted by atomic mass is 32.2. The SMILES string of the molecule is CN1c2ccccc2Sc2cc(C=C3SC(=NCc4ccccc4)N(Cc4ccccc4)C3=O)ccc21. The number of amidine groups is 1. The number of nitrogens with zero attached hydrogens (tertiary/aromatic N) is 3. The minimum Gasteiger partial charge on any atom is -0.343 e. The van der Waals surface area contributed by atoms with Crippen LogP contribution < -0.4 is 4.90 Å². The Kier molecular flexibility index (Phi) is 6.60. The Morgan fingerprint density at radius 1 is 0.757 bits per heavy atom. The van der Waals surface area contributed by atoms with Crippen LogP contribution in [0.2, 0.25) is 0 Å². The largest absolute Gasteiger partial charge is 0.343 e. The minimum atomic E-state index is -0.00602. The lowest BCUT2D eigenvalue weighted by molar-refractivity contribution is -0.122. The van der Waals surface area contributed by atoms with Crippen LogP contribution in [0.4, 0.5) is 11.4 Å². The third kappa shape index (κ3) is 4.95. The zero-order valence-electron chi connectivity index (χ0n) is 20.4. The molecule has 1 saturated heterocycles. The Hall–Kier alpha value is -3.74. The molecule has 0 unspecified atom stereocenters. The average molecular weight is 520 g/mol. The van der Waals surface area contributed by atoms with Crippen molar-refractivity contribution < 1.29 is 4.79 Å². The predicted octanol–water partition coefficient (Wildman–Crippen LogP) is 7.59. The van der Waals surface area contributed by atoms with Crippen molar-refractivity contribution in [3.05, 3.63) is 125 Å². The van der Waals surface area contributed by atoms with Crippen molar-refractivity contribution in [2.45, 2.75) is 22.9 Å². The Balaban J connectivity index is 1.30. The van der Waals surface area contributed by atoms with Gasteiger partial charge in [-0.25, -0.2) is 0 Å². The van der Waals surface area contributed by atoms with Crippen molar-refractivity contribution in [1.82, 2.24) is 4.90 Å². The first-order valence-corrected chi connectivity index (χ1v) is 13.8. The number of hydrogen-bond donors (Lipinski definition) is 0. The van der Waals surface area contributed by atoms with Crippen LogP contribution in [0.25, 0.3) is 6.08 Å². The van der Waals surface area contributed by atoms with Gasteiger partial charge in [0.15, 0.2) is 5.17 Å². The van der Waals surface area contributed by atoms with Crippen LogP contribution in [0.3, 0.4) is 0 Å². The van der Waals surface area contributed by atoms with E-state index in [1.54, 1.807) is 16.7 Å². The molecule has 0 N–H and O–H groups in total. The number of anilines is 2. The zero-order valence-corrected chi connectivity index (χ0v) is 22.0. The number of carbonyl (C=O) groups excluding carboxylic acids is 1. The van der Waals surface area contributed by atoms with Crippen LogP contribution >= 0.6 is 23.5 Å². The quantitative estimate of drug-likeness (QED) is 0.255. The zero-order chi connectivity index (χ0) is 25.2. The molecule has 4 nitrogen and oxygen atoms in total. The summed E-state index contributed by atoms with van der Waals surface area (Å²) in [5.41, 5.74) is 5.60. The van der Waals surface area contributed by atoms with E-state index in [2.05, 4.69) is 66.5 Å². The minimum absolute atomic E-state index is 0.00602. The summed E-state index contributed by atoms with van der Waals surface area (Å²) in [6.07, 6.45) is 2.00. The van der Waals surface area contributed by atoms with Gasteiger partial charge in [0.05, 0.1) is 29.4 Å². The number of benzene rings is 4. The maximum absolute atomic E-state index is 13.6. The van der Waals surface area contributed by atoms with Crippen LogP contribution in [-0.2, 0) is 17.9 Å². The number of carbonyl (C=O) groups is 1. The van der Waals surface area contributed by atoms with Gasteiger partial charge in [-0.15, -0.1) is 0 Å². The summed E-state index contributed by atoms with van der Waals surface area (Å²) in [7, 11) is 2.10. The van der Waals surface area contributed by atoms with Crippen molar-refractivity contribution in [1.29, 1.82) is 0 Å². The second-order valence-corrected chi connectivity index (χ2v) is 11.0. The Bertz CT molecular complexity index is 1520. The van der Waals surface area contributed by atoms with Crippen molar-refractivity contribution in [2.24, 2.45) is 4.99 Å². The molecule has 37 heavy (non-hydrogen) atoms. The highest BCUT2D eigenvalue weighted by molar-refractivity contribution is 8.18. The number of aliphatic imine (C=N–C) groups is 1. The Morgan fingerprint density at radius 3 is 2.22 bits per heavy atom. The Morgan fingerprint density at radius 2 is 1.43 bits per heavy atom.